The fourth-order valence-corrected chi connectivity index (χ4v) is 1.70. The summed E-state index contributed by atoms with van der Waals surface area (Å²) in [5.41, 5.74) is 8.56. The molecule has 0 radical (unpaired) electrons. The summed E-state index contributed by atoms with van der Waals surface area (Å²) in [6.45, 7) is 4.45. The third-order valence-corrected chi connectivity index (χ3v) is 2.67. The van der Waals surface area contributed by atoms with E-state index < -0.39 is 0 Å². The van der Waals surface area contributed by atoms with E-state index in [0.717, 1.165) is 42.7 Å². The lowest BCUT2D eigenvalue weighted by atomic mass is 10.1. The fourth-order valence-electron chi connectivity index (χ4n) is 1.70. The van der Waals surface area contributed by atoms with Crippen molar-refractivity contribution >= 4 is 17.5 Å². The van der Waals surface area contributed by atoms with Crippen LogP contribution in [0.5, 0.6) is 0 Å². The molecule has 17 heavy (non-hydrogen) atoms. The molecule has 0 aliphatic carbocycles. The van der Waals surface area contributed by atoms with Crippen LogP contribution in [0.15, 0.2) is 24.8 Å². The van der Waals surface area contributed by atoms with E-state index in [-0.39, 0.29) is 6.67 Å². The number of rotatable bonds is 8. The van der Waals surface area contributed by atoms with Crippen LogP contribution < -0.4 is 11.1 Å². The molecule has 3 N–H and O–H groups in total. The van der Waals surface area contributed by atoms with Gasteiger partial charge in [-0.1, -0.05) is 31.6 Å². The van der Waals surface area contributed by atoms with Gasteiger partial charge in [-0.3, -0.25) is 4.39 Å². The molecular weight excluding hydrogens is 215 g/mol. The third-order valence-electron chi connectivity index (χ3n) is 2.67. The third kappa shape index (κ3) is 4.89. The van der Waals surface area contributed by atoms with E-state index in [0.29, 0.717) is 6.42 Å². The Bertz CT molecular complexity index is 350. The van der Waals surface area contributed by atoms with Crippen LogP contribution in [0.25, 0.3) is 6.08 Å². The summed E-state index contributed by atoms with van der Waals surface area (Å²) >= 11 is 0. The van der Waals surface area contributed by atoms with Gasteiger partial charge < -0.3 is 11.1 Å². The van der Waals surface area contributed by atoms with Crippen LogP contribution in [0, 0.1) is 0 Å². The van der Waals surface area contributed by atoms with Gasteiger partial charge in [0.05, 0.1) is 6.67 Å². The predicted octanol–water partition coefficient (Wildman–Crippen LogP) is 3.85. The Kier molecular flexibility index (Phi) is 6.15. The highest BCUT2D eigenvalue weighted by Crippen LogP contribution is 2.20. The summed E-state index contributed by atoms with van der Waals surface area (Å²) in [5, 5.41) is 3.34. The number of benzene rings is 1. The first-order valence-electron chi connectivity index (χ1n) is 6.09. The predicted molar refractivity (Wildman–Crippen MR) is 73.9 cm³/mol. The van der Waals surface area contributed by atoms with Crippen molar-refractivity contribution in [3.8, 4) is 0 Å². The molecule has 0 amide bonds. The van der Waals surface area contributed by atoms with Gasteiger partial charge in [-0.15, -0.1) is 0 Å². The van der Waals surface area contributed by atoms with E-state index in [4.69, 9.17) is 5.73 Å². The zero-order chi connectivity index (χ0) is 12.5. The van der Waals surface area contributed by atoms with Crippen molar-refractivity contribution in [3.05, 3.63) is 30.3 Å². The summed E-state index contributed by atoms with van der Waals surface area (Å²) in [6.07, 6.45) is 5.55. The number of nitrogens with one attached hydrogen (secondary N) is 1. The Morgan fingerprint density at radius 3 is 2.71 bits per heavy atom. The minimum Gasteiger partial charge on any atom is -0.399 e. The second-order valence-corrected chi connectivity index (χ2v) is 4.08. The van der Waals surface area contributed by atoms with Crippen molar-refractivity contribution in [2.24, 2.45) is 0 Å². The molecule has 0 heterocycles. The summed E-state index contributed by atoms with van der Waals surface area (Å²) in [6, 6.07) is 5.73. The SMILES string of the molecule is C=Cc1ccc(N)cc1NCCCCCCF. The summed E-state index contributed by atoms with van der Waals surface area (Å²) in [7, 11) is 0. The van der Waals surface area contributed by atoms with E-state index in [9.17, 15) is 4.39 Å². The summed E-state index contributed by atoms with van der Waals surface area (Å²) in [5.74, 6) is 0. The number of hydrogen-bond donors (Lipinski definition) is 2. The van der Waals surface area contributed by atoms with Crippen LogP contribution in [0.1, 0.15) is 31.2 Å². The molecule has 94 valence electrons. The number of anilines is 2. The Hall–Kier alpha value is -1.51. The minimum atomic E-state index is -0.205. The maximum atomic E-state index is 11.9. The van der Waals surface area contributed by atoms with Gasteiger partial charge in [-0.2, -0.15) is 0 Å². The molecule has 0 spiro atoms. The molecule has 3 heteroatoms. The van der Waals surface area contributed by atoms with Crippen molar-refractivity contribution in [2.45, 2.75) is 25.7 Å². The average Bonchev–Trinajstić information content (AvgIpc) is 2.34. The Labute approximate surface area is 103 Å². The van der Waals surface area contributed by atoms with Gasteiger partial charge in [0.2, 0.25) is 0 Å². The van der Waals surface area contributed by atoms with Crippen LogP contribution in [-0.4, -0.2) is 13.2 Å². The Morgan fingerprint density at radius 2 is 2.00 bits per heavy atom. The molecule has 1 aromatic rings. The molecule has 0 saturated carbocycles. The van der Waals surface area contributed by atoms with Crippen molar-refractivity contribution in [1.29, 1.82) is 0 Å². The molecule has 0 aliphatic heterocycles. The number of alkyl halides is 1. The van der Waals surface area contributed by atoms with Crippen LogP contribution in [0.3, 0.4) is 0 Å². The number of hydrogen-bond acceptors (Lipinski definition) is 2. The van der Waals surface area contributed by atoms with Crippen molar-refractivity contribution < 1.29 is 4.39 Å². The number of nitrogen functional groups attached to an aromatic ring is 1. The van der Waals surface area contributed by atoms with Crippen molar-refractivity contribution in [3.63, 3.8) is 0 Å². The fraction of sp³-hybridized carbons (Fsp3) is 0.429. The van der Waals surface area contributed by atoms with Crippen LogP contribution >= 0.6 is 0 Å². The molecule has 0 saturated heterocycles. The first-order chi connectivity index (χ1) is 8.27. The first-order valence-corrected chi connectivity index (χ1v) is 6.09. The van der Waals surface area contributed by atoms with Gasteiger partial charge in [0.1, 0.15) is 0 Å². The van der Waals surface area contributed by atoms with Gasteiger partial charge in [0.25, 0.3) is 0 Å². The monoisotopic (exact) mass is 236 g/mol. The molecule has 1 rings (SSSR count). The highest BCUT2D eigenvalue weighted by molar-refractivity contribution is 5.69. The maximum absolute atomic E-state index is 11.9. The summed E-state index contributed by atoms with van der Waals surface area (Å²) in [4.78, 5) is 0. The minimum absolute atomic E-state index is 0.205. The highest BCUT2D eigenvalue weighted by atomic mass is 19.1. The summed E-state index contributed by atoms with van der Waals surface area (Å²) < 4.78 is 11.9. The normalized spacial score (nSPS) is 10.2. The number of nitrogens with two attached hydrogens (primary N) is 1. The largest absolute Gasteiger partial charge is 0.399 e. The average molecular weight is 236 g/mol. The molecule has 2 nitrogen and oxygen atoms in total. The molecule has 0 fully saturated rings. The zero-order valence-electron chi connectivity index (χ0n) is 10.2. The second-order valence-electron chi connectivity index (χ2n) is 4.08. The van der Waals surface area contributed by atoms with Gasteiger partial charge in [0.15, 0.2) is 0 Å². The molecule has 0 aromatic heterocycles. The van der Waals surface area contributed by atoms with Gasteiger partial charge in [0, 0.05) is 17.9 Å². The highest BCUT2D eigenvalue weighted by Gasteiger charge is 1.99. The molecular formula is C14H21FN2. The second kappa shape index (κ2) is 7.71. The molecule has 0 unspecified atom stereocenters. The van der Waals surface area contributed by atoms with E-state index in [1.165, 1.54) is 0 Å². The van der Waals surface area contributed by atoms with E-state index >= 15 is 0 Å². The first kappa shape index (κ1) is 13.6. The van der Waals surface area contributed by atoms with Crippen LogP contribution in [-0.2, 0) is 0 Å². The molecule has 0 atom stereocenters. The van der Waals surface area contributed by atoms with Gasteiger partial charge in [-0.05, 0) is 30.5 Å². The lowest BCUT2D eigenvalue weighted by Crippen LogP contribution is -2.03. The number of halogens is 1. The lowest BCUT2D eigenvalue weighted by Gasteiger charge is -2.10. The Balaban J connectivity index is 2.35. The van der Waals surface area contributed by atoms with Crippen molar-refractivity contribution in [1.82, 2.24) is 0 Å². The topological polar surface area (TPSA) is 38.0 Å². The van der Waals surface area contributed by atoms with Gasteiger partial charge >= 0.3 is 0 Å². The standard InChI is InChI=1S/C14H21FN2/c1-2-12-7-8-13(16)11-14(12)17-10-6-4-3-5-9-15/h2,7-8,11,17H,1,3-6,9-10,16H2. The smallest absolute Gasteiger partial charge is 0.0894 e. The lowest BCUT2D eigenvalue weighted by molar-refractivity contribution is 0.454. The van der Waals surface area contributed by atoms with E-state index in [1.807, 2.05) is 24.3 Å². The van der Waals surface area contributed by atoms with Gasteiger partial charge in [-0.25, -0.2) is 0 Å². The zero-order valence-corrected chi connectivity index (χ0v) is 10.2. The maximum Gasteiger partial charge on any atom is 0.0894 e. The Morgan fingerprint density at radius 1 is 1.24 bits per heavy atom. The van der Waals surface area contributed by atoms with E-state index in [1.54, 1.807) is 0 Å². The molecule has 0 aliphatic rings. The van der Waals surface area contributed by atoms with Crippen molar-refractivity contribution in [2.75, 3.05) is 24.3 Å². The quantitative estimate of drug-likeness (QED) is 0.531. The van der Waals surface area contributed by atoms with Crippen LogP contribution in [0.4, 0.5) is 15.8 Å². The number of unbranched alkanes of at least 4 members (excludes halogenated alkanes) is 3. The molecule has 1 aromatic carbocycles. The van der Waals surface area contributed by atoms with E-state index in [2.05, 4.69) is 11.9 Å². The molecule has 0 bridgehead atoms. The van der Waals surface area contributed by atoms with Crippen LogP contribution in [0.2, 0.25) is 0 Å².